The SMILES string of the molecule is CON(C(=O)OCc1ccccc1)[C@@](C)([C]=O)c1ccccc1. The van der Waals surface area contributed by atoms with Crippen LogP contribution in [0.2, 0.25) is 0 Å². The lowest BCUT2D eigenvalue weighted by molar-refractivity contribution is -0.154. The van der Waals surface area contributed by atoms with Gasteiger partial charge in [-0.1, -0.05) is 60.7 Å². The average Bonchev–Trinajstić information content (AvgIpc) is 2.62. The lowest BCUT2D eigenvalue weighted by Gasteiger charge is -2.33. The monoisotopic (exact) mass is 312 g/mol. The molecule has 0 saturated carbocycles. The summed E-state index contributed by atoms with van der Waals surface area (Å²) in [7, 11) is 1.31. The highest BCUT2D eigenvalue weighted by Crippen LogP contribution is 2.27. The van der Waals surface area contributed by atoms with Crippen LogP contribution in [0.5, 0.6) is 0 Å². The van der Waals surface area contributed by atoms with Crippen molar-refractivity contribution >= 4 is 12.4 Å². The van der Waals surface area contributed by atoms with E-state index in [2.05, 4.69) is 0 Å². The second-order valence-corrected chi connectivity index (χ2v) is 5.06. The first-order valence-electron chi connectivity index (χ1n) is 7.11. The van der Waals surface area contributed by atoms with Gasteiger partial charge in [0, 0.05) is 0 Å². The van der Waals surface area contributed by atoms with Gasteiger partial charge in [-0.25, -0.2) is 4.79 Å². The van der Waals surface area contributed by atoms with Crippen LogP contribution in [0, 0.1) is 0 Å². The molecule has 23 heavy (non-hydrogen) atoms. The number of hydrogen-bond acceptors (Lipinski definition) is 4. The van der Waals surface area contributed by atoms with Gasteiger partial charge < -0.3 is 4.74 Å². The van der Waals surface area contributed by atoms with Gasteiger partial charge in [-0.15, -0.1) is 0 Å². The Hall–Kier alpha value is -2.66. The fraction of sp³-hybridized carbons (Fsp3) is 0.222. The maximum atomic E-state index is 12.3. The number of nitrogens with zero attached hydrogens (tertiary/aromatic N) is 1. The lowest BCUT2D eigenvalue weighted by Crippen LogP contribution is -2.48. The van der Waals surface area contributed by atoms with Gasteiger partial charge in [-0.3, -0.25) is 9.63 Å². The number of hydroxylamine groups is 2. The van der Waals surface area contributed by atoms with Crippen LogP contribution in [0.1, 0.15) is 18.1 Å². The van der Waals surface area contributed by atoms with Crippen molar-refractivity contribution in [3.63, 3.8) is 0 Å². The zero-order valence-corrected chi connectivity index (χ0v) is 13.1. The Kier molecular flexibility index (Phi) is 5.49. The summed E-state index contributed by atoms with van der Waals surface area (Å²) in [5, 5.41) is 0.887. The molecule has 1 amide bonds. The highest BCUT2D eigenvalue weighted by molar-refractivity contribution is 5.77. The molecule has 119 valence electrons. The minimum atomic E-state index is -1.40. The summed E-state index contributed by atoms with van der Waals surface area (Å²) in [4.78, 5) is 29.0. The van der Waals surface area contributed by atoms with E-state index in [1.165, 1.54) is 7.11 Å². The molecule has 0 aliphatic carbocycles. The van der Waals surface area contributed by atoms with E-state index in [1.54, 1.807) is 31.2 Å². The van der Waals surface area contributed by atoms with Gasteiger partial charge in [-0.2, -0.15) is 5.06 Å². The summed E-state index contributed by atoms with van der Waals surface area (Å²) in [6.45, 7) is 1.63. The number of rotatable bonds is 6. The normalized spacial score (nSPS) is 13.0. The van der Waals surface area contributed by atoms with Crippen LogP contribution < -0.4 is 0 Å². The first-order chi connectivity index (χ1) is 11.1. The first-order valence-corrected chi connectivity index (χ1v) is 7.11. The minimum Gasteiger partial charge on any atom is -0.443 e. The molecule has 0 aromatic heterocycles. The molecule has 1 atom stereocenters. The Morgan fingerprint density at radius 1 is 1.09 bits per heavy atom. The lowest BCUT2D eigenvalue weighted by atomic mass is 9.93. The number of hydrogen-bond donors (Lipinski definition) is 0. The van der Waals surface area contributed by atoms with Crippen LogP contribution in [0.15, 0.2) is 60.7 Å². The van der Waals surface area contributed by atoms with Crippen molar-refractivity contribution in [2.75, 3.05) is 7.11 Å². The minimum absolute atomic E-state index is 0.0866. The third-order valence-electron chi connectivity index (χ3n) is 3.49. The molecule has 5 heteroatoms. The van der Waals surface area contributed by atoms with Crippen molar-refractivity contribution in [1.82, 2.24) is 5.06 Å². The van der Waals surface area contributed by atoms with Crippen LogP contribution in [-0.2, 0) is 26.5 Å². The molecule has 2 rings (SSSR count). The van der Waals surface area contributed by atoms with E-state index in [4.69, 9.17) is 9.57 Å². The Labute approximate surface area is 135 Å². The highest BCUT2D eigenvalue weighted by atomic mass is 16.7. The van der Waals surface area contributed by atoms with Gasteiger partial charge in [0.1, 0.15) is 6.61 Å². The van der Waals surface area contributed by atoms with Crippen molar-refractivity contribution in [1.29, 1.82) is 0 Å². The van der Waals surface area contributed by atoms with E-state index in [0.717, 1.165) is 10.6 Å². The molecule has 2 aromatic rings. The molecule has 0 unspecified atom stereocenters. The fourth-order valence-corrected chi connectivity index (χ4v) is 2.20. The van der Waals surface area contributed by atoms with Crippen LogP contribution >= 0.6 is 0 Å². The maximum absolute atomic E-state index is 12.3. The quantitative estimate of drug-likeness (QED) is 0.769. The van der Waals surface area contributed by atoms with Gasteiger partial charge >= 0.3 is 6.09 Å². The molecule has 1 radical (unpaired) electrons. The molecular weight excluding hydrogens is 294 g/mol. The second kappa shape index (κ2) is 7.56. The van der Waals surface area contributed by atoms with E-state index >= 15 is 0 Å². The van der Waals surface area contributed by atoms with Crippen LogP contribution in [0.3, 0.4) is 0 Å². The van der Waals surface area contributed by atoms with Crippen LogP contribution in [0.4, 0.5) is 4.79 Å². The van der Waals surface area contributed by atoms with Crippen LogP contribution in [0.25, 0.3) is 0 Å². The number of carbonyl (C=O) groups is 1. The molecule has 0 fully saturated rings. The Bertz CT molecular complexity index is 645. The average molecular weight is 312 g/mol. The van der Waals surface area contributed by atoms with E-state index in [-0.39, 0.29) is 6.61 Å². The summed E-state index contributed by atoms with van der Waals surface area (Å²) < 4.78 is 5.23. The van der Waals surface area contributed by atoms with Crippen molar-refractivity contribution in [2.45, 2.75) is 19.1 Å². The predicted octanol–water partition coefficient (Wildman–Crippen LogP) is 3.21. The molecule has 0 spiro atoms. The van der Waals surface area contributed by atoms with E-state index in [9.17, 15) is 9.59 Å². The van der Waals surface area contributed by atoms with Gasteiger partial charge in [0.05, 0.1) is 7.11 Å². The zero-order chi connectivity index (χ0) is 16.7. The number of amides is 1. The standard InChI is InChI=1S/C18H18NO4/c1-18(14-20,16-11-7-4-8-12-16)19(22-2)17(21)23-13-15-9-5-3-6-10-15/h3-12H,13H2,1-2H3/t18-/m0/s1. The van der Waals surface area contributed by atoms with E-state index in [1.807, 2.05) is 42.7 Å². The third kappa shape index (κ3) is 3.76. The van der Waals surface area contributed by atoms with E-state index in [0.29, 0.717) is 5.56 Å². The maximum Gasteiger partial charge on any atom is 0.435 e. The summed E-state index contributed by atoms with van der Waals surface area (Å²) in [6.07, 6.45) is 1.12. The Balaban J connectivity index is 2.16. The Morgan fingerprint density at radius 2 is 1.65 bits per heavy atom. The predicted molar refractivity (Wildman–Crippen MR) is 85.0 cm³/mol. The zero-order valence-electron chi connectivity index (χ0n) is 13.1. The third-order valence-corrected chi connectivity index (χ3v) is 3.49. The largest absolute Gasteiger partial charge is 0.443 e. The molecular formula is C18H18NO4. The van der Waals surface area contributed by atoms with Crippen molar-refractivity contribution in [3.05, 3.63) is 71.8 Å². The van der Waals surface area contributed by atoms with Gasteiger partial charge in [0.25, 0.3) is 0 Å². The van der Waals surface area contributed by atoms with E-state index < -0.39 is 11.6 Å². The molecule has 0 N–H and O–H groups in total. The molecule has 0 aliphatic heterocycles. The molecule has 0 saturated heterocycles. The van der Waals surface area contributed by atoms with Gasteiger partial charge in [-0.05, 0) is 18.1 Å². The summed E-state index contributed by atoms with van der Waals surface area (Å²) in [6, 6.07) is 18.1. The smallest absolute Gasteiger partial charge is 0.435 e. The Morgan fingerprint density at radius 3 is 2.17 bits per heavy atom. The topological polar surface area (TPSA) is 55.8 Å². The molecule has 2 aromatic carbocycles. The molecule has 0 aliphatic rings. The highest BCUT2D eigenvalue weighted by Gasteiger charge is 2.40. The fourth-order valence-electron chi connectivity index (χ4n) is 2.20. The summed E-state index contributed by atoms with van der Waals surface area (Å²) >= 11 is 0. The van der Waals surface area contributed by atoms with Gasteiger partial charge in [0.2, 0.25) is 6.29 Å². The summed E-state index contributed by atoms with van der Waals surface area (Å²) in [5.41, 5.74) is 0.0194. The number of ether oxygens (including phenoxy) is 1. The molecule has 0 heterocycles. The first kappa shape index (κ1) is 16.7. The number of benzene rings is 2. The van der Waals surface area contributed by atoms with Crippen LogP contribution in [-0.4, -0.2) is 24.6 Å². The van der Waals surface area contributed by atoms with Crippen molar-refractivity contribution in [2.24, 2.45) is 0 Å². The molecule has 0 bridgehead atoms. The summed E-state index contributed by atoms with van der Waals surface area (Å²) in [5.74, 6) is 0. The van der Waals surface area contributed by atoms with Crippen molar-refractivity contribution < 1.29 is 19.2 Å². The van der Waals surface area contributed by atoms with Gasteiger partial charge in [0.15, 0.2) is 5.54 Å². The number of carbonyl (C=O) groups excluding carboxylic acids is 2. The molecule has 5 nitrogen and oxygen atoms in total. The van der Waals surface area contributed by atoms with Crippen molar-refractivity contribution in [3.8, 4) is 0 Å². The second-order valence-electron chi connectivity index (χ2n) is 5.06.